The molecule has 2 heterocycles. The van der Waals surface area contributed by atoms with E-state index < -0.39 is 0 Å². The first-order chi connectivity index (χ1) is 6.65. The average Bonchev–Trinajstić information content (AvgIpc) is 2.50. The van der Waals surface area contributed by atoms with Gasteiger partial charge in [-0.1, -0.05) is 5.16 Å². The van der Waals surface area contributed by atoms with Gasteiger partial charge in [0.2, 0.25) is 22.8 Å². The largest absolute Gasteiger partial charge is 0.368 e. The maximum atomic E-state index is 5.60. The first kappa shape index (κ1) is 8.89. The van der Waals surface area contributed by atoms with E-state index in [0.29, 0.717) is 5.76 Å². The molecule has 0 atom stereocenters. The Balaban J connectivity index is 2.51. The van der Waals surface area contributed by atoms with E-state index in [1.54, 1.807) is 13.0 Å². The number of nitrogen functional groups attached to an aromatic ring is 1. The summed E-state index contributed by atoms with van der Waals surface area (Å²) in [5.74, 6) is 0.746. The van der Waals surface area contributed by atoms with Gasteiger partial charge >= 0.3 is 0 Å². The van der Waals surface area contributed by atoms with Gasteiger partial charge in [-0.2, -0.15) is 15.0 Å². The smallest absolute Gasteiger partial charge is 0.227 e. The minimum atomic E-state index is 0.0292. The van der Waals surface area contributed by atoms with Crippen molar-refractivity contribution < 1.29 is 4.52 Å². The quantitative estimate of drug-likeness (QED) is 0.759. The van der Waals surface area contributed by atoms with Crippen LogP contribution in [0.25, 0.3) is 11.6 Å². The Morgan fingerprint density at radius 3 is 2.71 bits per heavy atom. The number of hydrogen-bond donors (Lipinski definition) is 1. The van der Waals surface area contributed by atoms with Crippen molar-refractivity contribution in [3.05, 3.63) is 17.0 Å². The van der Waals surface area contributed by atoms with E-state index in [9.17, 15) is 0 Å². The fraction of sp³-hybridized carbons (Fsp3) is 0.143. The zero-order valence-corrected chi connectivity index (χ0v) is 7.99. The second-order valence-electron chi connectivity index (χ2n) is 2.62. The van der Waals surface area contributed by atoms with E-state index in [2.05, 4.69) is 20.1 Å². The highest BCUT2D eigenvalue weighted by atomic mass is 35.5. The summed E-state index contributed by atoms with van der Waals surface area (Å²) in [5.41, 5.74) is 6.13. The number of hydrogen-bond acceptors (Lipinski definition) is 6. The molecule has 0 aliphatic rings. The van der Waals surface area contributed by atoms with Crippen LogP contribution in [0.4, 0.5) is 5.95 Å². The average molecular weight is 212 g/mol. The molecule has 7 heteroatoms. The van der Waals surface area contributed by atoms with Crippen molar-refractivity contribution in [2.24, 2.45) is 0 Å². The van der Waals surface area contributed by atoms with Crippen molar-refractivity contribution in [2.75, 3.05) is 5.73 Å². The Morgan fingerprint density at radius 2 is 2.14 bits per heavy atom. The summed E-state index contributed by atoms with van der Waals surface area (Å²) >= 11 is 5.60. The molecule has 0 saturated carbocycles. The van der Waals surface area contributed by atoms with E-state index in [0.717, 1.165) is 5.69 Å². The lowest BCUT2D eigenvalue weighted by Gasteiger charge is -1.95. The third-order valence-electron chi connectivity index (χ3n) is 1.47. The predicted molar refractivity (Wildman–Crippen MR) is 49.5 cm³/mol. The van der Waals surface area contributed by atoms with E-state index in [1.165, 1.54) is 0 Å². The molecule has 0 spiro atoms. The normalized spacial score (nSPS) is 10.4. The Morgan fingerprint density at radius 1 is 1.36 bits per heavy atom. The third-order valence-corrected chi connectivity index (χ3v) is 1.64. The molecular formula is C7H6ClN5O. The molecule has 0 fully saturated rings. The Hall–Kier alpha value is -1.69. The number of halogens is 1. The van der Waals surface area contributed by atoms with Gasteiger partial charge < -0.3 is 10.3 Å². The van der Waals surface area contributed by atoms with Crippen LogP contribution in [0.15, 0.2) is 10.6 Å². The molecule has 2 rings (SSSR count). The Labute approximate surface area is 84.1 Å². The molecule has 0 saturated heterocycles. The van der Waals surface area contributed by atoms with Gasteiger partial charge in [-0.05, 0) is 18.5 Å². The van der Waals surface area contributed by atoms with Crippen LogP contribution >= 0.6 is 11.6 Å². The Kier molecular flexibility index (Phi) is 2.05. The summed E-state index contributed by atoms with van der Waals surface area (Å²) in [6, 6.07) is 1.69. The molecule has 2 aromatic rings. The number of aromatic nitrogens is 4. The molecule has 0 aliphatic heterocycles. The lowest BCUT2D eigenvalue weighted by Crippen LogP contribution is -1.99. The Bertz CT molecular complexity index is 449. The van der Waals surface area contributed by atoms with Crippen molar-refractivity contribution in [3.8, 4) is 11.6 Å². The molecule has 72 valence electrons. The number of aryl methyl sites for hydroxylation is 1. The highest BCUT2D eigenvalue weighted by Gasteiger charge is 2.09. The first-order valence-corrected chi connectivity index (χ1v) is 4.13. The lowest BCUT2D eigenvalue weighted by molar-refractivity contribution is 0.424. The van der Waals surface area contributed by atoms with Gasteiger partial charge in [-0.3, -0.25) is 0 Å². The van der Waals surface area contributed by atoms with Gasteiger partial charge in [0.25, 0.3) is 0 Å². The topological polar surface area (TPSA) is 90.7 Å². The van der Waals surface area contributed by atoms with Crippen LogP contribution in [-0.4, -0.2) is 20.1 Å². The minimum absolute atomic E-state index is 0.0292. The number of rotatable bonds is 1. The van der Waals surface area contributed by atoms with Crippen molar-refractivity contribution in [1.82, 2.24) is 20.1 Å². The van der Waals surface area contributed by atoms with Gasteiger partial charge in [0.05, 0.1) is 5.69 Å². The summed E-state index contributed by atoms with van der Waals surface area (Å²) in [6.07, 6.45) is 0. The van der Waals surface area contributed by atoms with Crippen LogP contribution in [0.2, 0.25) is 5.28 Å². The predicted octanol–water partition coefficient (Wildman–Crippen LogP) is 1.07. The summed E-state index contributed by atoms with van der Waals surface area (Å²) in [7, 11) is 0. The molecule has 0 amide bonds. The monoisotopic (exact) mass is 211 g/mol. The minimum Gasteiger partial charge on any atom is -0.368 e. The van der Waals surface area contributed by atoms with Gasteiger partial charge in [-0.25, -0.2) is 0 Å². The van der Waals surface area contributed by atoms with Crippen LogP contribution in [0.5, 0.6) is 0 Å². The molecule has 0 unspecified atom stereocenters. The van der Waals surface area contributed by atoms with Gasteiger partial charge in [-0.15, -0.1) is 0 Å². The van der Waals surface area contributed by atoms with Crippen molar-refractivity contribution in [2.45, 2.75) is 6.92 Å². The van der Waals surface area contributed by atoms with Crippen LogP contribution in [0.1, 0.15) is 5.69 Å². The SMILES string of the molecule is Cc1cc(-c2nc(N)nc(Cl)n2)on1. The van der Waals surface area contributed by atoms with Crippen LogP contribution in [0.3, 0.4) is 0 Å². The number of nitrogens with zero attached hydrogens (tertiary/aromatic N) is 4. The summed E-state index contributed by atoms with van der Waals surface area (Å²) in [6.45, 7) is 1.79. The van der Waals surface area contributed by atoms with Gasteiger partial charge in [0.1, 0.15) is 0 Å². The zero-order chi connectivity index (χ0) is 10.1. The molecule has 2 N–H and O–H groups in total. The van der Waals surface area contributed by atoms with E-state index >= 15 is 0 Å². The molecule has 0 aliphatic carbocycles. The van der Waals surface area contributed by atoms with E-state index in [-0.39, 0.29) is 17.1 Å². The molecule has 0 bridgehead atoms. The van der Waals surface area contributed by atoms with Crippen LogP contribution < -0.4 is 5.73 Å². The highest BCUT2D eigenvalue weighted by molar-refractivity contribution is 6.28. The molecule has 14 heavy (non-hydrogen) atoms. The lowest BCUT2D eigenvalue weighted by atomic mass is 10.4. The van der Waals surface area contributed by atoms with Gasteiger partial charge in [0, 0.05) is 6.07 Å². The summed E-state index contributed by atoms with van der Waals surface area (Å²) in [4.78, 5) is 11.3. The second-order valence-corrected chi connectivity index (χ2v) is 2.96. The van der Waals surface area contributed by atoms with Crippen LogP contribution in [0, 0.1) is 6.92 Å². The first-order valence-electron chi connectivity index (χ1n) is 3.76. The zero-order valence-electron chi connectivity index (χ0n) is 7.23. The summed E-state index contributed by atoms with van der Waals surface area (Å²) in [5, 5.41) is 3.72. The second kappa shape index (κ2) is 3.22. The molecule has 6 nitrogen and oxygen atoms in total. The summed E-state index contributed by atoms with van der Waals surface area (Å²) < 4.78 is 4.94. The maximum Gasteiger partial charge on any atom is 0.227 e. The molecule has 0 aromatic carbocycles. The fourth-order valence-electron chi connectivity index (χ4n) is 0.945. The van der Waals surface area contributed by atoms with Crippen molar-refractivity contribution >= 4 is 17.5 Å². The standard InChI is InChI=1S/C7H6ClN5O/c1-3-2-4(14-13-3)5-10-6(8)12-7(9)11-5/h2H,1H3,(H2,9,10,11,12). The van der Waals surface area contributed by atoms with E-state index in [1.807, 2.05) is 0 Å². The number of nitrogens with two attached hydrogens (primary N) is 1. The van der Waals surface area contributed by atoms with Crippen LogP contribution in [-0.2, 0) is 0 Å². The van der Waals surface area contributed by atoms with Crippen molar-refractivity contribution in [3.63, 3.8) is 0 Å². The van der Waals surface area contributed by atoms with E-state index in [4.69, 9.17) is 21.9 Å². The molecule has 0 radical (unpaired) electrons. The highest BCUT2D eigenvalue weighted by Crippen LogP contribution is 2.17. The number of anilines is 1. The third kappa shape index (κ3) is 1.64. The maximum absolute atomic E-state index is 5.60. The van der Waals surface area contributed by atoms with Crippen molar-refractivity contribution in [1.29, 1.82) is 0 Å². The molecular weight excluding hydrogens is 206 g/mol. The fourth-order valence-corrected chi connectivity index (χ4v) is 1.11. The molecule has 2 aromatic heterocycles. The van der Waals surface area contributed by atoms with Gasteiger partial charge in [0.15, 0.2) is 0 Å².